The fourth-order valence-corrected chi connectivity index (χ4v) is 4.00. The molecule has 0 spiro atoms. The van der Waals surface area contributed by atoms with E-state index in [9.17, 15) is 16.8 Å². The van der Waals surface area contributed by atoms with Gasteiger partial charge in [0.1, 0.15) is 0 Å². The van der Waals surface area contributed by atoms with Gasteiger partial charge in [0, 0.05) is 33.0 Å². The monoisotopic (exact) mass is 383 g/mol. The van der Waals surface area contributed by atoms with E-state index in [0.717, 1.165) is 15.4 Å². The Hall–Kier alpha value is -1.81. The van der Waals surface area contributed by atoms with Gasteiger partial charge in [0.2, 0.25) is 20.0 Å². The second kappa shape index (κ2) is 8.05. The first-order valence-corrected chi connectivity index (χ1v) is 10.7. The molecular weight excluding hydrogens is 362 g/mol. The maximum absolute atomic E-state index is 12.1. The number of rotatable bonds is 8. The van der Waals surface area contributed by atoms with Gasteiger partial charge in [-0.05, 0) is 35.7 Å². The first-order chi connectivity index (χ1) is 11.7. The largest absolute Gasteiger partial charge is 0.264 e. The zero-order valence-electron chi connectivity index (χ0n) is 14.1. The van der Waals surface area contributed by atoms with Gasteiger partial charge < -0.3 is 0 Å². The lowest BCUT2D eigenvalue weighted by molar-refractivity contribution is 0.520. The molecule has 25 heavy (non-hydrogen) atoms. The van der Waals surface area contributed by atoms with Crippen LogP contribution in [0.4, 0.5) is 0 Å². The number of hydrogen-bond acceptors (Lipinski definition) is 5. The van der Waals surface area contributed by atoms with Crippen molar-refractivity contribution in [2.24, 2.45) is 0 Å². The van der Waals surface area contributed by atoms with Crippen molar-refractivity contribution < 1.29 is 16.8 Å². The summed E-state index contributed by atoms with van der Waals surface area (Å²) in [6, 6.07) is 9.77. The van der Waals surface area contributed by atoms with Gasteiger partial charge in [-0.25, -0.2) is 25.9 Å². The summed E-state index contributed by atoms with van der Waals surface area (Å²) in [5, 5.41) is 0. The van der Waals surface area contributed by atoms with E-state index in [-0.39, 0.29) is 17.2 Å². The van der Waals surface area contributed by atoms with Crippen LogP contribution >= 0.6 is 0 Å². The summed E-state index contributed by atoms with van der Waals surface area (Å²) in [7, 11) is -3.99. The highest BCUT2D eigenvalue weighted by atomic mass is 32.2. The molecule has 0 unspecified atom stereocenters. The predicted molar refractivity (Wildman–Crippen MR) is 95.9 cm³/mol. The van der Waals surface area contributed by atoms with Crippen LogP contribution in [-0.4, -0.2) is 46.0 Å². The van der Waals surface area contributed by atoms with E-state index < -0.39 is 20.0 Å². The fourth-order valence-electron chi connectivity index (χ4n) is 2.06. The van der Waals surface area contributed by atoms with Crippen molar-refractivity contribution in [3.8, 4) is 0 Å². The maximum Gasteiger partial charge on any atom is 0.242 e. The Balaban J connectivity index is 1.94. The van der Waals surface area contributed by atoms with Gasteiger partial charge in [0.15, 0.2) is 0 Å². The molecule has 0 fully saturated rings. The van der Waals surface area contributed by atoms with Crippen LogP contribution in [0.3, 0.4) is 0 Å². The van der Waals surface area contributed by atoms with Crippen LogP contribution < -0.4 is 4.72 Å². The fraction of sp³-hybridized carbons (Fsp3) is 0.312. The molecule has 1 heterocycles. The van der Waals surface area contributed by atoms with Crippen LogP contribution in [0, 0.1) is 0 Å². The molecular formula is C16H21N3O4S2. The Morgan fingerprint density at radius 1 is 1.00 bits per heavy atom. The van der Waals surface area contributed by atoms with Gasteiger partial charge in [-0.15, -0.1) is 0 Å². The second-order valence-electron chi connectivity index (χ2n) is 5.68. The highest BCUT2D eigenvalue weighted by Crippen LogP contribution is 2.14. The molecule has 0 radical (unpaired) electrons. The number of aryl methyl sites for hydroxylation is 1. The van der Waals surface area contributed by atoms with E-state index in [2.05, 4.69) is 9.71 Å². The van der Waals surface area contributed by atoms with Crippen LogP contribution in [0.1, 0.15) is 11.1 Å². The molecule has 0 aliphatic rings. The molecule has 0 bridgehead atoms. The van der Waals surface area contributed by atoms with E-state index in [4.69, 9.17) is 0 Å². The zero-order valence-corrected chi connectivity index (χ0v) is 15.7. The summed E-state index contributed by atoms with van der Waals surface area (Å²) in [5.41, 5.74) is 1.54. The van der Waals surface area contributed by atoms with Crippen molar-refractivity contribution in [3.05, 3.63) is 59.9 Å². The maximum atomic E-state index is 12.1. The third kappa shape index (κ3) is 5.60. The summed E-state index contributed by atoms with van der Waals surface area (Å²) in [6.45, 7) is 0.191. The van der Waals surface area contributed by atoms with Crippen molar-refractivity contribution in [2.75, 3.05) is 19.8 Å². The van der Waals surface area contributed by atoms with Gasteiger partial charge in [0.25, 0.3) is 0 Å². The molecule has 9 heteroatoms. The molecule has 136 valence electrons. The molecule has 0 amide bonds. The molecule has 1 N–H and O–H groups in total. The van der Waals surface area contributed by atoms with Crippen LogP contribution in [0.5, 0.6) is 0 Å². The minimum absolute atomic E-state index is 0.0763. The quantitative estimate of drug-likeness (QED) is 0.733. The number of sulfonamides is 2. The standard InChI is InChI=1S/C16H21N3O4S2/c1-19(2)25(22,23)16-7-5-14(6-8-16)9-11-24(20,21)18-13-15-4-3-10-17-12-15/h3-8,10,12,18H,9,11,13H2,1-2H3. The number of nitrogens with zero attached hydrogens (tertiary/aromatic N) is 2. The minimum atomic E-state index is -3.48. The Bertz CT molecular complexity index is 894. The SMILES string of the molecule is CN(C)S(=O)(=O)c1ccc(CCS(=O)(=O)NCc2cccnc2)cc1. The molecule has 0 aliphatic heterocycles. The van der Waals surface area contributed by atoms with Crippen LogP contribution in [0.15, 0.2) is 53.7 Å². The predicted octanol–water partition coefficient (Wildman–Crippen LogP) is 0.994. The second-order valence-corrected chi connectivity index (χ2v) is 9.76. The van der Waals surface area contributed by atoms with E-state index in [1.54, 1.807) is 36.7 Å². The van der Waals surface area contributed by atoms with Crippen molar-refractivity contribution in [1.29, 1.82) is 0 Å². The first kappa shape index (κ1) is 19.5. The number of hydrogen-bond donors (Lipinski definition) is 1. The van der Waals surface area contributed by atoms with Gasteiger partial charge in [-0.1, -0.05) is 18.2 Å². The third-order valence-corrected chi connectivity index (χ3v) is 6.74. The van der Waals surface area contributed by atoms with Crippen LogP contribution in [0.25, 0.3) is 0 Å². The Kier molecular flexibility index (Phi) is 6.28. The van der Waals surface area contributed by atoms with Crippen LogP contribution in [0.2, 0.25) is 0 Å². The lowest BCUT2D eigenvalue weighted by atomic mass is 10.2. The molecule has 2 rings (SSSR count). The van der Waals surface area contributed by atoms with E-state index in [1.165, 1.54) is 26.2 Å². The van der Waals surface area contributed by atoms with Crippen LogP contribution in [-0.2, 0) is 33.0 Å². The van der Waals surface area contributed by atoms with E-state index in [1.807, 2.05) is 0 Å². The molecule has 0 aliphatic carbocycles. The number of benzene rings is 1. The van der Waals surface area contributed by atoms with Crippen molar-refractivity contribution in [1.82, 2.24) is 14.0 Å². The van der Waals surface area contributed by atoms with Crippen molar-refractivity contribution in [3.63, 3.8) is 0 Å². The topological polar surface area (TPSA) is 96.4 Å². The lowest BCUT2D eigenvalue weighted by Crippen LogP contribution is -2.27. The Morgan fingerprint density at radius 2 is 1.68 bits per heavy atom. The normalized spacial score (nSPS) is 12.4. The summed E-state index contributed by atoms with van der Waals surface area (Å²) in [6.07, 6.45) is 3.52. The van der Waals surface area contributed by atoms with Gasteiger partial charge in [-0.3, -0.25) is 4.98 Å². The van der Waals surface area contributed by atoms with Gasteiger partial charge >= 0.3 is 0 Å². The molecule has 2 aromatic rings. The lowest BCUT2D eigenvalue weighted by Gasteiger charge is -2.11. The molecule has 0 saturated heterocycles. The van der Waals surface area contributed by atoms with E-state index >= 15 is 0 Å². The molecule has 0 saturated carbocycles. The third-order valence-electron chi connectivity index (χ3n) is 3.58. The average Bonchev–Trinajstić information content (AvgIpc) is 2.59. The molecule has 0 atom stereocenters. The highest BCUT2D eigenvalue weighted by Gasteiger charge is 2.17. The van der Waals surface area contributed by atoms with E-state index in [0.29, 0.717) is 6.42 Å². The molecule has 1 aromatic carbocycles. The number of pyridine rings is 1. The first-order valence-electron chi connectivity index (χ1n) is 7.58. The summed E-state index contributed by atoms with van der Waals surface area (Å²) >= 11 is 0. The average molecular weight is 383 g/mol. The number of aromatic nitrogens is 1. The molecule has 7 nitrogen and oxygen atoms in total. The summed E-state index contributed by atoms with van der Waals surface area (Å²) in [5.74, 6) is -0.0763. The number of nitrogens with one attached hydrogen (secondary N) is 1. The van der Waals surface area contributed by atoms with Gasteiger partial charge in [-0.2, -0.15) is 0 Å². The Morgan fingerprint density at radius 3 is 2.24 bits per heavy atom. The highest BCUT2D eigenvalue weighted by molar-refractivity contribution is 7.89. The van der Waals surface area contributed by atoms with Crippen molar-refractivity contribution in [2.45, 2.75) is 17.9 Å². The van der Waals surface area contributed by atoms with Crippen molar-refractivity contribution >= 4 is 20.0 Å². The smallest absolute Gasteiger partial charge is 0.242 e. The molecule has 1 aromatic heterocycles. The summed E-state index contributed by atoms with van der Waals surface area (Å²) < 4.78 is 51.8. The zero-order chi connectivity index (χ0) is 18.5. The Labute approximate surface area is 148 Å². The minimum Gasteiger partial charge on any atom is -0.264 e. The summed E-state index contributed by atoms with van der Waals surface area (Å²) in [4.78, 5) is 4.11. The van der Waals surface area contributed by atoms with Gasteiger partial charge in [0.05, 0.1) is 10.6 Å².